The van der Waals surface area contributed by atoms with Crippen LogP contribution < -0.4 is 9.80 Å². The number of imide groups is 1. The summed E-state index contributed by atoms with van der Waals surface area (Å²) >= 11 is 0. The van der Waals surface area contributed by atoms with E-state index in [4.69, 9.17) is 0 Å². The van der Waals surface area contributed by atoms with Crippen molar-refractivity contribution in [2.45, 2.75) is 27.2 Å². The standard InChI is InChI=1S/C24H28FN5O3/c1-4-18-13-16(2)22(26-15-18)27-7-9-28(10-8-27)23(32)20-6-5-19(14-21(20)25)30-12-11-29(17(3)31)24(30)33/h5-6,13-15H,4,7-12H2,1-3H3. The molecule has 4 rings (SSSR count). The van der Waals surface area contributed by atoms with E-state index < -0.39 is 11.8 Å². The van der Waals surface area contributed by atoms with Crippen LogP contribution in [-0.4, -0.2) is 71.9 Å². The van der Waals surface area contributed by atoms with Crippen molar-refractivity contribution in [2.24, 2.45) is 0 Å². The van der Waals surface area contributed by atoms with E-state index in [1.54, 1.807) is 11.0 Å². The molecule has 0 radical (unpaired) electrons. The predicted octanol–water partition coefficient (Wildman–Crippen LogP) is 2.84. The molecule has 3 heterocycles. The Morgan fingerprint density at radius 2 is 1.79 bits per heavy atom. The van der Waals surface area contributed by atoms with Crippen LogP contribution in [0, 0.1) is 12.7 Å². The average molecular weight is 454 g/mol. The van der Waals surface area contributed by atoms with E-state index in [2.05, 4.69) is 22.9 Å². The van der Waals surface area contributed by atoms with Gasteiger partial charge in [0.15, 0.2) is 0 Å². The summed E-state index contributed by atoms with van der Waals surface area (Å²) in [5, 5.41) is 0. The topological polar surface area (TPSA) is 77.1 Å². The van der Waals surface area contributed by atoms with Crippen molar-refractivity contribution < 1.29 is 18.8 Å². The van der Waals surface area contributed by atoms with Crippen LogP contribution in [0.1, 0.15) is 35.3 Å². The van der Waals surface area contributed by atoms with Gasteiger partial charge in [-0.25, -0.2) is 14.2 Å². The highest BCUT2D eigenvalue weighted by Crippen LogP contribution is 2.25. The zero-order valence-electron chi connectivity index (χ0n) is 19.2. The van der Waals surface area contributed by atoms with Gasteiger partial charge in [-0.1, -0.05) is 13.0 Å². The second kappa shape index (κ2) is 9.17. The van der Waals surface area contributed by atoms with Crippen LogP contribution in [-0.2, 0) is 11.2 Å². The minimum absolute atomic E-state index is 0.0242. The number of aromatic nitrogens is 1. The molecule has 1 aromatic carbocycles. The smallest absolute Gasteiger partial charge is 0.331 e. The molecule has 1 aromatic heterocycles. The summed E-state index contributed by atoms with van der Waals surface area (Å²) in [6.07, 6.45) is 2.82. The summed E-state index contributed by atoms with van der Waals surface area (Å²) in [7, 11) is 0. The van der Waals surface area contributed by atoms with Crippen LogP contribution in [0.2, 0.25) is 0 Å². The number of hydrogen-bond acceptors (Lipinski definition) is 5. The van der Waals surface area contributed by atoms with Crippen molar-refractivity contribution in [3.8, 4) is 0 Å². The van der Waals surface area contributed by atoms with Gasteiger partial charge in [-0.3, -0.25) is 19.4 Å². The molecule has 9 heteroatoms. The Morgan fingerprint density at radius 1 is 1.06 bits per heavy atom. The van der Waals surface area contributed by atoms with E-state index in [0.29, 0.717) is 38.4 Å². The molecule has 0 saturated carbocycles. The molecule has 0 unspecified atom stereocenters. The monoisotopic (exact) mass is 453 g/mol. The quantitative estimate of drug-likeness (QED) is 0.712. The third-order valence-electron chi connectivity index (χ3n) is 6.27. The summed E-state index contributed by atoms with van der Waals surface area (Å²) in [5.74, 6) is -0.477. The first-order valence-electron chi connectivity index (χ1n) is 11.2. The summed E-state index contributed by atoms with van der Waals surface area (Å²) in [6.45, 7) is 8.18. The van der Waals surface area contributed by atoms with Crippen LogP contribution in [0.4, 0.5) is 20.7 Å². The first-order chi connectivity index (χ1) is 15.8. The maximum Gasteiger partial charge on any atom is 0.331 e. The molecule has 2 saturated heterocycles. The molecule has 0 N–H and O–H groups in total. The third-order valence-corrected chi connectivity index (χ3v) is 6.27. The number of nitrogens with zero attached hydrogens (tertiary/aromatic N) is 5. The number of carbonyl (C=O) groups excluding carboxylic acids is 3. The first kappa shape index (κ1) is 22.7. The lowest BCUT2D eigenvalue weighted by molar-refractivity contribution is -0.125. The van der Waals surface area contributed by atoms with E-state index in [0.717, 1.165) is 22.7 Å². The lowest BCUT2D eigenvalue weighted by atomic mass is 10.1. The molecule has 0 atom stereocenters. The maximum absolute atomic E-state index is 14.9. The van der Waals surface area contributed by atoms with Crippen molar-refractivity contribution in [3.63, 3.8) is 0 Å². The Morgan fingerprint density at radius 3 is 2.36 bits per heavy atom. The fourth-order valence-corrected chi connectivity index (χ4v) is 4.36. The van der Waals surface area contributed by atoms with Crippen molar-refractivity contribution in [2.75, 3.05) is 49.1 Å². The highest BCUT2D eigenvalue weighted by molar-refractivity contribution is 6.04. The maximum atomic E-state index is 14.9. The molecule has 0 bridgehead atoms. The second-order valence-corrected chi connectivity index (χ2v) is 8.39. The van der Waals surface area contributed by atoms with Crippen molar-refractivity contribution in [1.29, 1.82) is 0 Å². The normalized spacial score (nSPS) is 16.5. The lowest BCUT2D eigenvalue weighted by Gasteiger charge is -2.36. The SMILES string of the molecule is CCc1cnc(N2CCN(C(=O)c3ccc(N4CCN(C(C)=O)C4=O)cc3F)CC2)c(C)c1. The van der Waals surface area contributed by atoms with Gasteiger partial charge in [-0.2, -0.15) is 0 Å². The molecule has 8 nitrogen and oxygen atoms in total. The molecule has 2 fully saturated rings. The number of rotatable bonds is 4. The zero-order chi connectivity index (χ0) is 23.7. The molecule has 2 aromatic rings. The van der Waals surface area contributed by atoms with E-state index in [9.17, 15) is 18.8 Å². The number of carbonyl (C=O) groups is 3. The van der Waals surface area contributed by atoms with Gasteiger partial charge in [-0.05, 0) is 42.7 Å². The van der Waals surface area contributed by atoms with Gasteiger partial charge >= 0.3 is 6.03 Å². The molecule has 0 aliphatic carbocycles. The van der Waals surface area contributed by atoms with E-state index in [1.165, 1.54) is 29.5 Å². The number of amides is 4. The van der Waals surface area contributed by atoms with Crippen LogP contribution in [0.15, 0.2) is 30.5 Å². The number of urea groups is 1. The molecular formula is C24H28FN5O3. The van der Waals surface area contributed by atoms with Gasteiger partial charge in [0.05, 0.1) is 5.56 Å². The summed E-state index contributed by atoms with van der Waals surface area (Å²) in [6, 6.07) is 5.81. The molecule has 0 spiro atoms. The number of aryl methyl sites for hydroxylation is 2. The molecular weight excluding hydrogens is 425 g/mol. The Hall–Kier alpha value is -3.49. The average Bonchev–Trinajstić information content (AvgIpc) is 3.20. The van der Waals surface area contributed by atoms with Gasteiger partial charge in [0.2, 0.25) is 5.91 Å². The molecule has 33 heavy (non-hydrogen) atoms. The van der Waals surface area contributed by atoms with Gasteiger partial charge < -0.3 is 9.80 Å². The Labute approximate surface area is 192 Å². The van der Waals surface area contributed by atoms with Gasteiger partial charge in [0, 0.05) is 58.1 Å². The largest absolute Gasteiger partial charge is 0.353 e. The summed E-state index contributed by atoms with van der Waals surface area (Å²) in [5.41, 5.74) is 2.60. The summed E-state index contributed by atoms with van der Waals surface area (Å²) < 4.78 is 14.9. The number of halogens is 1. The second-order valence-electron chi connectivity index (χ2n) is 8.39. The van der Waals surface area contributed by atoms with Gasteiger partial charge in [0.1, 0.15) is 11.6 Å². The molecule has 174 valence electrons. The van der Waals surface area contributed by atoms with E-state index in [-0.39, 0.29) is 23.9 Å². The molecule has 2 aliphatic rings. The number of benzene rings is 1. The van der Waals surface area contributed by atoms with Crippen LogP contribution in [0.3, 0.4) is 0 Å². The van der Waals surface area contributed by atoms with Crippen LogP contribution >= 0.6 is 0 Å². The fraction of sp³-hybridized carbons (Fsp3) is 0.417. The number of pyridine rings is 1. The van der Waals surface area contributed by atoms with Crippen molar-refractivity contribution in [3.05, 3.63) is 53.0 Å². The molecule has 2 aliphatic heterocycles. The Kier molecular flexibility index (Phi) is 6.31. The van der Waals surface area contributed by atoms with Crippen LogP contribution in [0.5, 0.6) is 0 Å². The number of piperazine rings is 1. The summed E-state index contributed by atoms with van der Waals surface area (Å²) in [4.78, 5) is 47.7. The minimum atomic E-state index is -0.679. The Balaban J connectivity index is 1.42. The van der Waals surface area contributed by atoms with Crippen molar-refractivity contribution in [1.82, 2.24) is 14.8 Å². The number of anilines is 2. The van der Waals surface area contributed by atoms with Crippen molar-refractivity contribution >= 4 is 29.4 Å². The number of hydrogen-bond donors (Lipinski definition) is 0. The van der Waals surface area contributed by atoms with E-state index >= 15 is 0 Å². The highest BCUT2D eigenvalue weighted by Gasteiger charge is 2.33. The Bertz CT molecular complexity index is 1100. The van der Waals surface area contributed by atoms with Gasteiger partial charge in [-0.15, -0.1) is 0 Å². The zero-order valence-corrected chi connectivity index (χ0v) is 19.2. The van der Waals surface area contributed by atoms with Gasteiger partial charge in [0.25, 0.3) is 5.91 Å². The van der Waals surface area contributed by atoms with E-state index in [1.807, 2.05) is 13.1 Å². The van der Waals surface area contributed by atoms with Crippen LogP contribution in [0.25, 0.3) is 0 Å². The minimum Gasteiger partial charge on any atom is -0.353 e. The molecule has 4 amide bonds. The fourth-order valence-electron chi connectivity index (χ4n) is 4.36. The highest BCUT2D eigenvalue weighted by atomic mass is 19.1. The third kappa shape index (κ3) is 4.40. The lowest BCUT2D eigenvalue weighted by Crippen LogP contribution is -2.49. The first-order valence-corrected chi connectivity index (χ1v) is 11.2. The predicted molar refractivity (Wildman–Crippen MR) is 123 cm³/mol.